The number of nitrogens with one attached hydrogen (secondary N) is 1. The molecular formula is C12H20N4. The van der Waals surface area contributed by atoms with Crippen molar-refractivity contribution < 1.29 is 0 Å². The van der Waals surface area contributed by atoms with Gasteiger partial charge >= 0.3 is 0 Å². The van der Waals surface area contributed by atoms with E-state index in [-0.39, 0.29) is 0 Å². The minimum Gasteiger partial charge on any atom is -0.316 e. The maximum absolute atomic E-state index is 4.43. The van der Waals surface area contributed by atoms with Crippen molar-refractivity contribution in [2.24, 2.45) is 5.92 Å². The highest BCUT2D eigenvalue weighted by Gasteiger charge is 2.26. The number of piperidine rings is 1. The van der Waals surface area contributed by atoms with Crippen molar-refractivity contribution in [3.05, 3.63) is 11.6 Å². The largest absolute Gasteiger partial charge is 0.316 e. The van der Waals surface area contributed by atoms with Crippen LogP contribution in [0.15, 0.2) is 0 Å². The van der Waals surface area contributed by atoms with E-state index in [1.54, 1.807) is 0 Å². The molecule has 4 nitrogen and oxygen atoms in total. The van der Waals surface area contributed by atoms with E-state index in [9.17, 15) is 0 Å². The summed E-state index contributed by atoms with van der Waals surface area (Å²) in [4.78, 5) is 0. The molecule has 1 aromatic rings. The van der Waals surface area contributed by atoms with Gasteiger partial charge in [-0.1, -0.05) is 6.92 Å². The van der Waals surface area contributed by atoms with Crippen LogP contribution in [0.2, 0.25) is 0 Å². The summed E-state index contributed by atoms with van der Waals surface area (Å²) < 4.78 is 2.38. The molecule has 88 valence electrons. The molecule has 2 unspecified atom stereocenters. The van der Waals surface area contributed by atoms with Gasteiger partial charge in [0.1, 0.15) is 11.6 Å². The predicted molar refractivity (Wildman–Crippen MR) is 62.4 cm³/mol. The van der Waals surface area contributed by atoms with Crippen LogP contribution >= 0.6 is 0 Å². The van der Waals surface area contributed by atoms with Crippen LogP contribution in [-0.4, -0.2) is 27.9 Å². The third kappa shape index (κ3) is 1.75. The Balaban J connectivity index is 1.86. The second kappa shape index (κ2) is 4.17. The molecule has 0 aliphatic carbocycles. The van der Waals surface area contributed by atoms with Crippen LogP contribution < -0.4 is 5.32 Å². The molecular weight excluding hydrogens is 200 g/mol. The molecule has 0 amide bonds. The van der Waals surface area contributed by atoms with Gasteiger partial charge in [0.05, 0.1) is 0 Å². The van der Waals surface area contributed by atoms with Gasteiger partial charge in [0.2, 0.25) is 0 Å². The summed E-state index contributed by atoms with van der Waals surface area (Å²) in [5.74, 6) is 3.80. The van der Waals surface area contributed by atoms with E-state index in [0.29, 0.717) is 5.92 Å². The van der Waals surface area contributed by atoms with Crippen LogP contribution in [-0.2, 0) is 13.0 Å². The van der Waals surface area contributed by atoms with E-state index < -0.39 is 0 Å². The van der Waals surface area contributed by atoms with E-state index >= 15 is 0 Å². The number of hydrogen-bond acceptors (Lipinski definition) is 3. The molecule has 2 aliphatic heterocycles. The lowest BCUT2D eigenvalue weighted by Gasteiger charge is -2.26. The van der Waals surface area contributed by atoms with Crippen molar-refractivity contribution in [1.82, 2.24) is 20.1 Å². The van der Waals surface area contributed by atoms with Crippen molar-refractivity contribution in [3.8, 4) is 0 Å². The van der Waals surface area contributed by atoms with Crippen LogP contribution in [0.3, 0.4) is 0 Å². The highest BCUT2D eigenvalue weighted by Crippen LogP contribution is 2.26. The fraction of sp³-hybridized carbons (Fsp3) is 0.833. The van der Waals surface area contributed by atoms with Crippen LogP contribution in [0.1, 0.15) is 43.8 Å². The summed E-state index contributed by atoms with van der Waals surface area (Å²) in [5, 5.41) is 12.2. The van der Waals surface area contributed by atoms with Crippen molar-refractivity contribution in [2.75, 3.05) is 13.1 Å². The minimum atomic E-state index is 0.584. The van der Waals surface area contributed by atoms with Gasteiger partial charge in [0.15, 0.2) is 0 Å². The summed E-state index contributed by atoms with van der Waals surface area (Å²) in [7, 11) is 0. The number of rotatable bonds is 1. The quantitative estimate of drug-likeness (QED) is 0.776. The zero-order chi connectivity index (χ0) is 11.0. The maximum Gasteiger partial charge on any atom is 0.137 e. The van der Waals surface area contributed by atoms with Gasteiger partial charge in [-0.3, -0.25) is 0 Å². The summed E-state index contributed by atoms with van der Waals surface area (Å²) in [6.45, 7) is 5.68. The van der Waals surface area contributed by atoms with Gasteiger partial charge in [-0.25, -0.2) is 0 Å². The standard InChI is InChI=1S/C12H20N4/c1-9-4-5-11-14-15-12(16(11)8-9)10-3-2-6-13-7-10/h9-10,13H,2-8H2,1H3. The zero-order valence-corrected chi connectivity index (χ0v) is 9.95. The molecule has 0 radical (unpaired) electrons. The van der Waals surface area contributed by atoms with E-state index in [2.05, 4.69) is 27.0 Å². The molecule has 3 rings (SSSR count). The van der Waals surface area contributed by atoms with Gasteiger partial charge in [-0.05, 0) is 31.7 Å². The molecule has 2 atom stereocenters. The van der Waals surface area contributed by atoms with E-state index in [1.807, 2.05) is 0 Å². The van der Waals surface area contributed by atoms with Crippen LogP contribution in [0.4, 0.5) is 0 Å². The number of hydrogen-bond donors (Lipinski definition) is 1. The molecule has 3 heterocycles. The Morgan fingerprint density at radius 1 is 1.31 bits per heavy atom. The SMILES string of the molecule is CC1CCc2nnc(C3CCCNC3)n2C1. The normalized spacial score (nSPS) is 30.1. The van der Waals surface area contributed by atoms with E-state index in [1.165, 1.54) is 30.9 Å². The Bertz CT molecular complexity index is 365. The van der Waals surface area contributed by atoms with Gasteiger partial charge < -0.3 is 9.88 Å². The Morgan fingerprint density at radius 2 is 2.25 bits per heavy atom. The number of nitrogens with zero attached hydrogens (tertiary/aromatic N) is 3. The smallest absolute Gasteiger partial charge is 0.137 e. The van der Waals surface area contributed by atoms with Crippen molar-refractivity contribution >= 4 is 0 Å². The van der Waals surface area contributed by atoms with Crippen LogP contribution in [0.5, 0.6) is 0 Å². The lowest BCUT2D eigenvalue weighted by molar-refractivity contribution is 0.365. The fourth-order valence-electron chi connectivity index (χ4n) is 2.89. The van der Waals surface area contributed by atoms with E-state index in [4.69, 9.17) is 0 Å². The van der Waals surface area contributed by atoms with Crippen molar-refractivity contribution in [2.45, 2.75) is 45.1 Å². The maximum atomic E-state index is 4.43. The van der Waals surface area contributed by atoms with Crippen molar-refractivity contribution in [1.29, 1.82) is 0 Å². The summed E-state index contributed by atoms with van der Waals surface area (Å²) >= 11 is 0. The third-order valence-corrected chi connectivity index (χ3v) is 3.87. The van der Waals surface area contributed by atoms with Gasteiger partial charge in [0, 0.05) is 25.4 Å². The summed E-state index contributed by atoms with van der Waals surface area (Å²) in [6, 6.07) is 0. The highest BCUT2D eigenvalue weighted by atomic mass is 15.3. The first-order valence-corrected chi connectivity index (χ1v) is 6.47. The van der Waals surface area contributed by atoms with Gasteiger partial charge in [-0.15, -0.1) is 10.2 Å². The predicted octanol–water partition coefficient (Wildman–Crippen LogP) is 1.33. The monoisotopic (exact) mass is 220 g/mol. The second-order valence-corrected chi connectivity index (χ2v) is 5.27. The molecule has 1 aromatic heterocycles. The Kier molecular flexibility index (Phi) is 2.67. The number of fused-ring (bicyclic) bond motifs is 1. The molecule has 1 fully saturated rings. The fourth-order valence-corrected chi connectivity index (χ4v) is 2.89. The molecule has 0 bridgehead atoms. The molecule has 4 heteroatoms. The van der Waals surface area contributed by atoms with Crippen LogP contribution in [0.25, 0.3) is 0 Å². The number of aryl methyl sites for hydroxylation is 1. The first kappa shape index (κ1) is 10.3. The first-order chi connectivity index (χ1) is 7.84. The lowest BCUT2D eigenvalue weighted by Crippen LogP contribution is -2.31. The molecule has 0 aromatic carbocycles. The highest BCUT2D eigenvalue weighted by molar-refractivity contribution is 5.06. The lowest BCUT2D eigenvalue weighted by atomic mass is 9.97. The molecule has 1 N–H and O–H groups in total. The summed E-state index contributed by atoms with van der Waals surface area (Å²) in [5.41, 5.74) is 0. The first-order valence-electron chi connectivity index (χ1n) is 6.47. The van der Waals surface area contributed by atoms with Gasteiger partial charge in [0.25, 0.3) is 0 Å². The average molecular weight is 220 g/mol. The Hall–Kier alpha value is -0.900. The molecule has 2 aliphatic rings. The summed E-state index contributed by atoms with van der Waals surface area (Å²) in [6.07, 6.45) is 4.90. The Labute approximate surface area is 96.4 Å². The van der Waals surface area contributed by atoms with Crippen LogP contribution in [0, 0.1) is 5.92 Å². The van der Waals surface area contributed by atoms with Gasteiger partial charge in [-0.2, -0.15) is 0 Å². The molecule has 1 saturated heterocycles. The minimum absolute atomic E-state index is 0.584. The second-order valence-electron chi connectivity index (χ2n) is 5.27. The topological polar surface area (TPSA) is 42.7 Å². The van der Waals surface area contributed by atoms with Crippen molar-refractivity contribution in [3.63, 3.8) is 0 Å². The number of aromatic nitrogens is 3. The average Bonchev–Trinajstić information content (AvgIpc) is 2.73. The third-order valence-electron chi connectivity index (χ3n) is 3.87. The van der Waals surface area contributed by atoms with E-state index in [0.717, 1.165) is 32.0 Å². The molecule has 0 saturated carbocycles. The zero-order valence-electron chi connectivity index (χ0n) is 9.95. The molecule has 16 heavy (non-hydrogen) atoms. The molecule has 0 spiro atoms. The Morgan fingerprint density at radius 3 is 3.06 bits per heavy atom.